The molecule has 0 fully saturated rings. The fraction of sp³-hybridized carbons (Fsp3) is 0.188. The molecule has 0 aliphatic rings. The molecule has 0 unspecified atom stereocenters. The maximum absolute atomic E-state index is 5.77. The van der Waals surface area contributed by atoms with Crippen LogP contribution in [0.25, 0.3) is 11.0 Å². The summed E-state index contributed by atoms with van der Waals surface area (Å²) in [6.45, 7) is 2.80. The molecule has 3 rings (SSSR count). The average molecular weight is 252 g/mol. The van der Waals surface area contributed by atoms with Gasteiger partial charge >= 0.3 is 0 Å². The first-order valence-electron chi connectivity index (χ1n) is 6.45. The van der Waals surface area contributed by atoms with Gasteiger partial charge in [-0.25, -0.2) is 0 Å². The van der Waals surface area contributed by atoms with Crippen molar-refractivity contribution in [2.24, 2.45) is 0 Å². The number of furan rings is 1. The van der Waals surface area contributed by atoms with Crippen molar-refractivity contribution < 1.29 is 4.42 Å². The molecule has 0 saturated heterocycles. The van der Waals surface area contributed by atoms with E-state index in [4.69, 9.17) is 4.42 Å². The van der Waals surface area contributed by atoms with Gasteiger partial charge in [-0.2, -0.15) is 0 Å². The van der Waals surface area contributed by atoms with Crippen LogP contribution in [0.5, 0.6) is 0 Å². The molecule has 3 heteroatoms. The van der Waals surface area contributed by atoms with Crippen molar-refractivity contribution in [3.63, 3.8) is 0 Å². The van der Waals surface area contributed by atoms with Gasteiger partial charge in [0.15, 0.2) is 0 Å². The van der Waals surface area contributed by atoms with E-state index < -0.39 is 0 Å². The standard InChI is InChI=1S/C16H16N2O/c1-12(15-7-4-5-9-17-15)18-11-14-10-13-6-2-3-8-16(13)19-14/h2-10,12,18H,11H2,1H3/t12-/m0/s1. The second-order valence-electron chi connectivity index (χ2n) is 4.61. The van der Waals surface area contributed by atoms with Crippen LogP contribution in [0.2, 0.25) is 0 Å². The number of aromatic nitrogens is 1. The number of hydrogen-bond acceptors (Lipinski definition) is 3. The Balaban J connectivity index is 1.69. The van der Waals surface area contributed by atoms with Crippen molar-refractivity contribution in [3.05, 3.63) is 66.2 Å². The summed E-state index contributed by atoms with van der Waals surface area (Å²) in [4.78, 5) is 4.34. The van der Waals surface area contributed by atoms with E-state index in [0.29, 0.717) is 6.54 Å². The quantitative estimate of drug-likeness (QED) is 0.769. The predicted molar refractivity (Wildman–Crippen MR) is 75.7 cm³/mol. The molecule has 0 bridgehead atoms. The topological polar surface area (TPSA) is 38.1 Å². The highest BCUT2D eigenvalue weighted by Crippen LogP contribution is 2.19. The summed E-state index contributed by atoms with van der Waals surface area (Å²) in [6.07, 6.45) is 1.81. The Morgan fingerprint density at radius 1 is 1.16 bits per heavy atom. The molecule has 19 heavy (non-hydrogen) atoms. The van der Waals surface area contributed by atoms with Crippen LogP contribution in [0.4, 0.5) is 0 Å². The zero-order valence-electron chi connectivity index (χ0n) is 10.8. The molecular weight excluding hydrogens is 236 g/mol. The van der Waals surface area contributed by atoms with Crippen molar-refractivity contribution in [1.82, 2.24) is 10.3 Å². The zero-order valence-corrected chi connectivity index (χ0v) is 10.8. The summed E-state index contributed by atoms with van der Waals surface area (Å²) < 4.78 is 5.77. The number of para-hydroxylation sites is 1. The average Bonchev–Trinajstić information content (AvgIpc) is 2.88. The van der Waals surface area contributed by atoms with Crippen LogP contribution in [-0.4, -0.2) is 4.98 Å². The Hall–Kier alpha value is -2.13. The molecule has 3 aromatic rings. The van der Waals surface area contributed by atoms with Crippen LogP contribution < -0.4 is 5.32 Å². The van der Waals surface area contributed by atoms with Crippen LogP contribution in [0.15, 0.2) is 59.1 Å². The van der Waals surface area contributed by atoms with Gasteiger partial charge < -0.3 is 9.73 Å². The molecule has 0 saturated carbocycles. The SMILES string of the molecule is C[C@H](NCc1cc2ccccc2o1)c1ccccn1. The molecule has 0 spiro atoms. The second-order valence-corrected chi connectivity index (χ2v) is 4.61. The number of hydrogen-bond donors (Lipinski definition) is 1. The van der Waals surface area contributed by atoms with Crippen molar-refractivity contribution in [2.45, 2.75) is 19.5 Å². The molecule has 0 aliphatic carbocycles. The zero-order chi connectivity index (χ0) is 13.1. The van der Waals surface area contributed by atoms with E-state index in [0.717, 1.165) is 22.4 Å². The molecule has 0 radical (unpaired) electrons. The second kappa shape index (κ2) is 5.24. The van der Waals surface area contributed by atoms with Gasteiger partial charge in [-0.1, -0.05) is 24.3 Å². The number of fused-ring (bicyclic) bond motifs is 1. The van der Waals surface area contributed by atoms with Crippen molar-refractivity contribution >= 4 is 11.0 Å². The Bertz CT molecular complexity index is 628. The highest BCUT2D eigenvalue weighted by molar-refractivity contribution is 5.77. The Kier molecular flexibility index (Phi) is 3.29. The van der Waals surface area contributed by atoms with Gasteiger partial charge in [-0.05, 0) is 31.2 Å². The minimum Gasteiger partial charge on any atom is -0.460 e. The lowest BCUT2D eigenvalue weighted by Crippen LogP contribution is -2.18. The molecule has 2 aromatic heterocycles. The molecule has 2 heterocycles. The maximum atomic E-state index is 5.77. The summed E-state index contributed by atoms with van der Waals surface area (Å²) in [7, 11) is 0. The summed E-state index contributed by atoms with van der Waals surface area (Å²) >= 11 is 0. The molecule has 1 aromatic carbocycles. The van der Waals surface area contributed by atoms with Gasteiger partial charge in [0.1, 0.15) is 11.3 Å². The van der Waals surface area contributed by atoms with Crippen molar-refractivity contribution in [3.8, 4) is 0 Å². The number of benzene rings is 1. The van der Waals surface area contributed by atoms with E-state index in [1.54, 1.807) is 0 Å². The minimum absolute atomic E-state index is 0.203. The van der Waals surface area contributed by atoms with E-state index in [9.17, 15) is 0 Å². The first-order valence-corrected chi connectivity index (χ1v) is 6.45. The Morgan fingerprint density at radius 2 is 2.00 bits per heavy atom. The molecule has 1 N–H and O–H groups in total. The molecule has 3 nitrogen and oxygen atoms in total. The molecule has 96 valence electrons. The first-order chi connectivity index (χ1) is 9.33. The van der Waals surface area contributed by atoms with E-state index in [2.05, 4.69) is 29.4 Å². The molecule has 0 amide bonds. The van der Waals surface area contributed by atoms with Gasteiger partial charge in [0.25, 0.3) is 0 Å². The first kappa shape index (κ1) is 11.9. The number of rotatable bonds is 4. The van der Waals surface area contributed by atoms with Gasteiger partial charge in [-0.15, -0.1) is 0 Å². The lowest BCUT2D eigenvalue weighted by molar-refractivity contribution is 0.478. The number of nitrogens with zero attached hydrogens (tertiary/aromatic N) is 1. The van der Waals surface area contributed by atoms with Crippen LogP contribution in [0.1, 0.15) is 24.4 Å². The summed E-state index contributed by atoms with van der Waals surface area (Å²) in [6, 6.07) is 16.3. The molecule has 1 atom stereocenters. The highest BCUT2D eigenvalue weighted by Gasteiger charge is 2.07. The van der Waals surface area contributed by atoms with Gasteiger partial charge in [0, 0.05) is 17.6 Å². The summed E-state index contributed by atoms with van der Waals surface area (Å²) in [5, 5.41) is 4.56. The third kappa shape index (κ3) is 2.66. The van der Waals surface area contributed by atoms with E-state index in [1.165, 1.54) is 0 Å². The van der Waals surface area contributed by atoms with Crippen LogP contribution in [-0.2, 0) is 6.54 Å². The van der Waals surface area contributed by atoms with E-state index in [-0.39, 0.29) is 6.04 Å². The van der Waals surface area contributed by atoms with E-state index in [1.807, 2.05) is 42.6 Å². The molecule has 0 aliphatic heterocycles. The normalized spacial score (nSPS) is 12.7. The van der Waals surface area contributed by atoms with E-state index >= 15 is 0 Å². The third-order valence-corrected chi connectivity index (χ3v) is 3.19. The highest BCUT2D eigenvalue weighted by atomic mass is 16.3. The summed E-state index contributed by atoms with van der Waals surface area (Å²) in [5.74, 6) is 0.948. The minimum atomic E-state index is 0.203. The van der Waals surface area contributed by atoms with Gasteiger partial charge in [0.05, 0.1) is 12.2 Å². The van der Waals surface area contributed by atoms with Crippen molar-refractivity contribution in [1.29, 1.82) is 0 Å². The number of pyridine rings is 1. The smallest absolute Gasteiger partial charge is 0.134 e. The summed E-state index contributed by atoms with van der Waals surface area (Å²) in [5.41, 5.74) is 1.98. The monoisotopic (exact) mass is 252 g/mol. The Morgan fingerprint density at radius 3 is 2.79 bits per heavy atom. The third-order valence-electron chi connectivity index (χ3n) is 3.19. The van der Waals surface area contributed by atoms with Crippen molar-refractivity contribution in [2.75, 3.05) is 0 Å². The lowest BCUT2D eigenvalue weighted by atomic mass is 10.2. The maximum Gasteiger partial charge on any atom is 0.134 e. The Labute approximate surface area is 112 Å². The van der Waals surface area contributed by atoms with Gasteiger partial charge in [0.2, 0.25) is 0 Å². The van der Waals surface area contributed by atoms with Crippen LogP contribution >= 0.6 is 0 Å². The fourth-order valence-corrected chi connectivity index (χ4v) is 2.11. The largest absolute Gasteiger partial charge is 0.460 e. The van der Waals surface area contributed by atoms with Crippen LogP contribution in [0.3, 0.4) is 0 Å². The number of nitrogens with one attached hydrogen (secondary N) is 1. The van der Waals surface area contributed by atoms with Gasteiger partial charge in [-0.3, -0.25) is 4.98 Å². The molecular formula is C16H16N2O. The predicted octanol–water partition coefficient (Wildman–Crippen LogP) is 3.68. The fourth-order valence-electron chi connectivity index (χ4n) is 2.11. The van der Waals surface area contributed by atoms with Crippen LogP contribution in [0, 0.1) is 0 Å². The lowest BCUT2D eigenvalue weighted by Gasteiger charge is -2.11.